The minimum atomic E-state index is 0.569. The second-order valence-corrected chi connectivity index (χ2v) is 7.75. The van der Waals surface area contributed by atoms with Crippen LogP contribution in [0.25, 0.3) is 0 Å². The molecule has 0 saturated carbocycles. The van der Waals surface area contributed by atoms with Gasteiger partial charge in [0.1, 0.15) is 0 Å². The predicted octanol–water partition coefficient (Wildman–Crippen LogP) is 2.28. The molecule has 1 N–H and O–H groups in total. The maximum absolute atomic E-state index is 4.90. The smallest absolute Gasteiger partial charge is 0.193 e. The van der Waals surface area contributed by atoms with Gasteiger partial charge in [-0.2, -0.15) is 0 Å². The van der Waals surface area contributed by atoms with Crippen molar-refractivity contribution in [1.82, 2.24) is 20.0 Å². The van der Waals surface area contributed by atoms with Crippen molar-refractivity contribution in [3.05, 3.63) is 35.4 Å². The van der Waals surface area contributed by atoms with Crippen LogP contribution in [0, 0.1) is 12.8 Å². The summed E-state index contributed by atoms with van der Waals surface area (Å²) in [7, 11) is 4.32. The van der Waals surface area contributed by atoms with Crippen molar-refractivity contribution in [2.75, 3.05) is 59.9 Å². The van der Waals surface area contributed by atoms with E-state index in [2.05, 4.69) is 79.1 Å². The number of nitrogens with one attached hydrogen (secondary N) is 1. The van der Waals surface area contributed by atoms with Crippen molar-refractivity contribution in [3.8, 4) is 0 Å². The van der Waals surface area contributed by atoms with Crippen LogP contribution in [-0.2, 0) is 6.54 Å². The number of aliphatic imine (C=N–C) groups is 1. The molecule has 5 nitrogen and oxygen atoms in total. The summed E-state index contributed by atoms with van der Waals surface area (Å²) >= 11 is 0. The van der Waals surface area contributed by atoms with Crippen LogP contribution in [0.15, 0.2) is 29.3 Å². The molecular weight excluding hydrogens is 322 g/mol. The molecule has 1 aromatic carbocycles. The molecule has 0 radical (unpaired) electrons. The number of hydrogen-bond donors (Lipinski definition) is 1. The summed E-state index contributed by atoms with van der Waals surface area (Å²) in [5, 5.41) is 3.43. The summed E-state index contributed by atoms with van der Waals surface area (Å²) < 4.78 is 0. The summed E-state index contributed by atoms with van der Waals surface area (Å²) in [5.41, 5.74) is 2.61. The van der Waals surface area contributed by atoms with E-state index in [1.165, 1.54) is 37.3 Å². The highest BCUT2D eigenvalue weighted by Crippen LogP contribution is 2.08. The van der Waals surface area contributed by atoms with Gasteiger partial charge in [-0.1, -0.05) is 36.8 Å². The van der Waals surface area contributed by atoms with E-state index in [1.807, 2.05) is 0 Å². The lowest BCUT2D eigenvalue weighted by Gasteiger charge is -2.33. The Labute approximate surface area is 160 Å². The molecule has 1 unspecified atom stereocenters. The lowest BCUT2D eigenvalue weighted by Crippen LogP contribution is -2.46. The quantitative estimate of drug-likeness (QED) is 0.598. The summed E-state index contributed by atoms with van der Waals surface area (Å²) in [4.78, 5) is 12.1. The van der Waals surface area contributed by atoms with Crippen molar-refractivity contribution in [1.29, 1.82) is 0 Å². The number of hydrogen-bond acceptors (Lipinski definition) is 3. The third-order valence-electron chi connectivity index (χ3n) is 4.96. The lowest BCUT2D eigenvalue weighted by molar-refractivity contribution is 0.140. The van der Waals surface area contributed by atoms with Crippen LogP contribution in [0.3, 0.4) is 0 Å². The number of aryl methyl sites for hydroxylation is 1. The average Bonchev–Trinajstić information content (AvgIpc) is 2.62. The summed E-state index contributed by atoms with van der Waals surface area (Å²) in [5.74, 6) is 1.57. The Balaban J connectivity index is 1.86. The number of benzene rings is 1. The van der Waals surface area contributed by atoms with Gasteiger partial charge in [-0.25, -0.2) is 0 Å². The van der Waals surface area contributed by atoms with Gasteiger partial charge in [0.25, 0.3) is 0 Å². The van der Waals surface area contributed by atoms with Gasteiger partial charge in [-0.3, -0.25) is 4.99 Å². The van der Waals surface area contributed by atoms with Crippen LogP contribution in [0.5, 0.6) is 0 Å². The Morgan fingerprint density at radius 2 is 1.85 bits per heavy atom. The van der Waals surface area contributed by atoms with Gasteiger partial charge in [0, 0.05) is 59.4 Å². The molecule has 0 bridgehead atoms. The van der Waals surface area contributed by atoms with E-state index < -0.39 is 0 Å². The number of likely N-dealkylation sites (N-methyl/N-ethyl adjacent to an activating group) is 1. The number of guanidine groups is 1. The minimum Gasteiger partial charge on any atom is -0.357 e. The first-order chi connectivity index (χ1) is 12.5. The maximum Gasteiger partial charge on any atom is 0.193 e. The molecule has 1 heterocycles. The van der Waals surface area contributed by atoms with E-state index in [4.69, 9.17) is 4.99 Å². The topological polar surface area (TPSA) is 34.1 Å². The second-order valence-electron chi connectivity index (χ2n) is 7.75. The van der Waals surface area contributed by atoms with E-state index in [0.29, 0.717) is 5.92 Å². The molecule has 26 heavy (non-hydrogen) atoms. The van der Waals surface area contributed by atoms with Crippen LogP contribution >= 0.6 is 0 Å². The SMILES string of the molecule is CCNC(=NCC(C)CN1CCN(C)CC1)N(C)Cc1ccc(C)cc1. The van der Waals surface area contributed by atoms with Gasteiger partial charge in [0.05, 0.1) is 0 Å². The van der Waals surface area contributed by atoms with Crippen LogP contribution in [0.1, 0.15) is 25.0 Å². The largest absolute Gasteiger partial charge is 0.357 e. The van der Waals surface area contributed by atoms with Gasteiger partial charge < -0.3 is 20.0 Å². The first-order valence-corrected chi connectivity index (χ1v) is 9.93. The monoisotopic (exact) mass is 359 g/mol. The number of rotatable bonds is 7. The Morgan fingerprint density at radius 3 is 2.46 bits per heavy atom. The Kier molecular flexibility index (Phi) is 8.39. The fourth-order valence-electron chi connectivity index (χ4n) is 3.28. The van der Waals surface area contributed by atoms with E-state index in [-0.39, 0.29) is 0 Å². The number of nitrogens with zero attached hydrogens (tertiary/aromatic N) is 4. The third-order valence-corrected chi connectivity index (χ3v) is 4.96. The van der Waals surface area contributed by atoms with Crippen LogP contribution in [0.2, 0.25) is 0 Å². The fraction of sp³-hybridized carbons (Fsp3) is 0.667. The molecule has 1 aliphatic rings. The highest BCUT2D eigenvalue weighted by atomic mass is 15.3. The van der Waals surface area contributed by atoms with E-state index in [1.54, 1.807) is 0 Å². The van der Waals surface area contributed by atoms with Crippen LogP contribution < -0.4 is 5.32 Å². The summed E-state index contributed by atoms with van der Waals surface area (Å²) in [6, 6.07) is 8.74. The molecule has 1 aromatic rings. The van der Waals surface area contributed by atoms with Crippen molar-refractivity contribution in [2.24, 2.45) is 10.9 Å². The van der Waals surface area contributed by atoms with E-state index in [9.17, 15) is 0 Å². The molecule has 1 saturated heterocycles. The molecule has 1 aliphatic heterocycles. The second kappa shape index (κ2) is 10.5. The van der Waals surface area contributed by atoms with E-state index >= 15 is 0 Å². The van der Waals surface area contributed by atoms with Crippen LogP contribution in [-0.4, -0.2) is 80.6 Å². The van der Waals surface area contributed by atoms with E-state index in [0.717, 1.165) is 32.1 Å². The van der Waals surface area contributed by atoms with Gasteiger partial charge in [-0.15, -0.1) is 0 Å². The summed E-state index contributed by atoms with van der Waals surface area (Å²) in [6.07, 6.45) is 0. The van der Waals surface area contributed by atoms with Crippen molar-refractivity contribution < 1.29 is 0 Å². The van der Waals surface area contributed by atoms with Crippen molar-refractivity contribution in [2.45, 2.75) is 27.3 Å². The fourth-order valence-corrected chi connectivity index (χ4v) is 3.28. The molecule has 0 aromatic heterocycles. The Bertz CT molecular complexity index is 546. The van der Waals surface area contributed by atoms with Gasteiger partial charge in [0.2, 0.25) is 0 Å². The maximum atomic E-state index is 4.90. The zero-order valence-corrected chi connectivity index (χ0v) is 17.3. The highest BCUT2D eigenvalue weighted by Gasteiger charge is 2.16. The zero-order valence-electron chi connectivity index (χ0n) is 17.3. The highest BCUT2D eigenvalue weighted by molar-refractivity contribution is 5.79. The van der Waals surface area contributed by atoms with Crippen molar-refractivity contribution in [3.63, 3.8) is 0 Å². The lowest BCUT2D eigenvalue weighted by atomic mass is 10.1. The first-order valence-electron chi connectivity index (χ1n) is 9.93. The Hall–Kier alpha value is -1.59. The third kappa shape index (κ3) is 6.96. The molecule has 0 amide bonds. The molecule has 0 aliphatic carbocycles. The Morgan fingerprint density at radius 1 is 1.19 bits per heavy atom. The number of piperazine rings is 1. The summed E-state index contributed by atoms with van der Waals surface area (Å²) in [6.45, 7) is 15.1. The molecule has 5 heteroatoms. The van der Waals surface area contributed by atoms with Crippen LogP contribution in [0.4, 0.5) is 0 Å². The molecular formula is C21H37N5. The molecule has 1 fully saturated rings. The minimum absolute atomic E-state index is 0.569. The van der Waals surface area contributed by atoms with Gasteiger partial charge in [0.15, 0.2) is 5.96 Å². The molecule has 146 valence electrons. The van der Waals surface area contributed by atoms with Gasteiger partial charge in [-0.05, 0) is 32.4 Å². The normalized spacial score (nSPS) is 18.0. The first kappa shape index (κ1) is 20.7. The van der Waals surface area contributed by atoms with Gasteiger partial charge >= 0.3 is 0 Å². The molecule has 2 rings (SSSR count). The molecule has 1 atom stereocenters. The average molecular weight is 360 g/mol. The predicted molar refractivity (Wildman–Crippen MR) is 112 cm³/mol. The standard InChI is InChI=1S/C21H37N5/c1-6-22-21(25(5)17-20-9-7-18(2)8-10-20)23-15-19(3)16-26-13-11-24(4)12-14-26/h7-10,19H,6,11-17H2,1-5H3,(H,22,23). The van der Waals surface area contributed by atoms with Crippen molar-refractivity contribution >= 4 is 5.96 Å². The molecule has 0 spiro atoms. The zero-order chi connectivity index (χ0) is 18.9.